The first-order valence-electron chi connectivity index (χ1n) is 10.2. The van der Waals surface area contributed by atoms with Gasteiger partial charge in [0.2, 0.25) is 0 Å². The van der Waals surface area contributed by atoms with E-state index in [4.69, 9.17) is 9.73 Å². The van der Waals surface area contributed by atoms with Crippen LogP contribution in [0.1, 0.15) is 57.1 Å². The van der Waals surface area contributed by atoms with Crippen molar-refractivity contribution in [3.63, 3.8) is 0 Å². The fourth-order valence-corrected chi connectivity index (χ4v) is 4.10. The van der Waals surface area contributed by atoms with Gasteiger partial charge in [0, 0.05) is 12.6 Å². The Labute approximate surface area is 158 Å². The third-order valence-corrected chi connectivity index (χ3v) is 5.52. The van der Waals surface area contributed by atoms with Crippen LogP contribution in [0.5, 0.6) is 5.75 Å². The fraction of sp³-hybridized carbons (Fsp3) is 0.667. The molecule has 1 saturated carbocycles. The number of nitrogens with zero attached hydrogens (tertiary/aromatic N) is 2. The van der Waals surface area contributed by atoms with E-state index in [9.17, 15) is 0 Å². The lowest BCUT2D eigenvalue weighted by molar-refractivity contribution is 0.251. The molecular formula is C21H34N4O. The normalized spacial score (nSPS) is 20.3. The maximum absolute atomic E-state index is 5.44. The van der Waals surface area contributed by atoms with Gasteiger partial charge in [-0.25, -0.2) is 0 Å². The summed E-state index contributed by atoms with van der Waals surface area (Å²) in [6.45, 7) is 6.11. The van der Waals surface area contributed by atoms with Crippen molar-refractivity contribution >= 4 is 5.96 Å². The predicted octanol–water partition coefficient (Wildman–Crippen LogP) is 3.33. The minimum Gasteiger partial charge on any atom is -0.497 e. The van der Waals surface area contributed by atoms with Gasteiger partial charge in [-0.05, 0) is 63.4 Å². The number of rotatable bonds is 7. The summed E-state index contributed by atoms with van der Waals surface area (Å²) < 4.78 is 5.44. The van der Waals surface area contributed by atoms with Gasteiger partial charge in [-0.15, -0.1) is 0 Å². The molecule has 5 nitrogen and oxygen atoms in total. The van der Waals surface area contributed by atoms with Gasteiger partial charge in [0.05, 0.1) is 19.7 Å². The van der Waals surface area contributed by atoms with Crippen molar-refractivity contribution < 1.29 is 4.74 Å². The third-order valence-electron chi connectivity index (χ3n) is 5.52. The quantitative estimate of drug-likeness (QED) is 0.580. The van der Waals surface area contributed by atoms with Crippen molar-refractivity contribution in [3.8, 4) is 5.75 Å². The van der Waals surface area contributed by atoms with Crippen molar-refractivity contribution in [1.29, 1.82) is 0 Å². The maximum Gasteiger partial charge on any atom is 0.191 e. The smallest absolute Gasteiger partial charge is 0.191 e. The van der Waals surface area contributed by atoms with Gasteiger partial charge < -0.3 is 15.4 Å². The molecule has 26 heavy (non-hydrogen) atoms. The molecule has 1 aromatic carbocycles. The molecule has 144 valence electrons. The van der Waals surface area contributed by atoms with Crippen LogP contribution in [0.4, 0.5) is 0 Å². The highest BCUT2D eigenvalue weighted by Crippen LogP contribution is 2.28. The molecule has 1 unspecified atom stereocenters. The zero-order valence-corrected chi connectivity index (χ0v) is 16.3. The zero-order chi connectivity index (χ0) is 18.2. The molecule has 5 heteroatoms. The molecule has 1 aliphatic carbocycles. The molecule has 2 aliphatic rings. The molecule has 0 radical (unpaired) electrons. The highest BCUT2D eigenvalue weighted by Gasteiger charge is 2.24. The Balaban J connectivity index is 1.74. The minimum atomic E-state index is 0.312. The van der Waals surface area contributed by atoms with Crippen LogP contribution in [0, 0.1) is 0 Å². The van der Waals surface area contributed by atoms with Crippen molar-refractivity contribution in [3.05, 3.63) is 29.8 Å². The largest absolute Gasteiger partial charge is 0.497 e. The molecule has 2 N–H and O–H groups in total. The first-order chi connectivity index (χ1) is 12.8. The van der Waals surface area contributed by atoms with Crippen LogP contribution in [-0.4, -0.2) is 50.2 Å². The Morgan fingerprint density at radius 1 is 1.23 bits per heavy atom. The van der Waals surface area contributed by atoms with Crippen LogP contribution < -0.4 is 15.4 Å². The summed E-state index contributed by atoms with van der Waals surface area (Å²) in [7, 11) is 1.73. The number of hydrogen-bond donors (Lipinski definition) is 2. The Hall–Kier alpha value is -1.75. The summed E-state index contributed by atoms with van der Waals surface area (Å²) in [5.74, 6) is 1.89. The van der Waals surface area contributed by atoms with Gasteiger partial charge in [0.15, 0.2) is 5.96 Å². The number of guanidine groups is 1. The molecule has 0 amide bonds. The summed E-state index contributed by atoms with van der Waals surface area (Å²) >= 11 is 0. The summed E-state index contributed by atoms with van der Waals surface area (Å²) in [5, 5.41) is 7.06. The molecule has 3 rings (SSSR count). The van der Waals surface area contributed by atoms with Gasteiger partial charge in [-0.3, -0.25) is 9.89 Å². The molecular weight excluding hydrogens is 324 g/mol. The monoisotopic (exact) mass is 358 g/mol. The van der Waals surface area contributed by atoms with E-state index < -0.39 is 0 Å². The van der Waals surface area contributed by atoms with Crippen molar-refractivity contribution in [2.24, 2.45) is 4.99 Å². The summed E-state index contributed by atoms with van der Waals surface area (Å²) in [4.78, 5) is 7.53. The van der Waals surface area contributed by atoms with E-state index in [1.54, 1.807) is 7.11 Å². The Morgan fingerprint density at radius 2 is 2.00 bits per heavy atom. The SMILES string of the molecule is CCNC(=NCC(c1cccc(OC)c1)N1CCCC1)NC1CCCC1. The second-order valence-electron chi connectivity index (χ2n) is 7.38. The van der Waals surface area contributed by atoms with Crippen molar-refractivity contribution in [2.75, 3.05) is 33.3 Å². The van der Waals surface area contributed by atoms with E-state index in [-0.39, 0.29) is 0 Å². The highest BCUT2D eigenvalue weighted by atomic mass is 16.5. The van der Waals surface area contributed by atoms with Crippen molar-refractivity contribution in [2.45, 2.75) is 57.5 Å². The van der Waals surface area contributed by atoms with Gasteiger partial charge >= 0.3 is 0 Å². The lowest BCUT2D eigenvalue weighted by Gasteiger charge is -2.27. The van der Waals surface area contributed by atoms with E-state index in [2.05, 4.69) is 40.7 Å². The highest BCUT2D eigenvalue weighted by molar-refractivity contribution is 5.80. The molecule has 1 atom stereocenters. The van der Waals surface area contributed by atoms with Crippen LogP contribution in [0.25, 0.3) is 0 Å². The van der Waals surface area contributed by atoms with Gasteiger partial charge in [0.1, 0.15) is 5.75 Å². The Kier molecular flexibility index (Phi) is 7.18. The zero-order valence-electron chi connectivity index (χ0n) is 16.3. The topological polar surface area (TPSA) is 48.9 Å². The van der Waals surface area contributed by atoms with E-state index in [0.717, 1.165) is 37.9 Å². The second-order valence-corrected chi connectivity index (χ2v) is 7.38. The van der Waals surface area contributed by atoms with E-state index in [1.807, 2.05) is 6.07 Å². The van der Waals surface area contributed by atoms with Crippen LogP contribution >= 0.6 is 0 Å². The second kappa shape index (κ2) is 9.81. The lowest BCUT2D eigenvalue weighted by atomic mass is 10.1. The number of nitrogens with one attached hydrogen (secondary N) is 2. The molecule has 1 saturated heterocycles. The summed E-state index contributed by atoms with van der Waals surface area (Å²) in [5.41, 5.74) is 1.30. The van der Waals surface area contributed by atoms with E-state index in [0.29, 0.717) is 12.1 Å². The molecule has 0 aromatic heterocycles. The number of ether oxygens (including phenoxy) is 1. The first-order valence-corrected chi connectivity index (χ1v) is 10.2. The molecule has 2 fully saturated rings. The number of hydrogen-bond acceptors (Lipinski definition) is 3. The average molecular weight is 359 g/mol. The van der Waals surface area contributed by atoms with Crippen LogP contribution in [0.2, 0.25) is 0 Å². The molecule has 1 aliphatic heterocycles. The lowest BCUT2D eigenvalue weighted by Crippen LogP contribution is -2.43. The minimum absolute atomic E-state index is 0.312. The van der Waals surface area contributed by atoms with Crippen LogP contribution in [-0.2, 0) is 0 Å². The number of aliphatic imine (C=N–C) groups is 1. The molecule has 1 heterocycles. The summed E-state index contributed by atoms with van der Waals surface area (Å²) in [6, 6.07) is 9.36. The van der Waals surface area contributed by atoms with E-state index >= 15 is 0 Å². The number of benzene rings is 1. The van der Waals surface area contributed by atoms with Crippen molar-refractivity contribution in [1.82, 2.24) is 15.5 Å². The maximum atomic E-state index is 5.44. The van der Waals surface area contributed by atoms with Crippen LogP contribution in [0.3, 0.4) is 0 Å². The number of likely N-dealkylation sites (tertiary alicyclic amines) is 1. The van der Waals surface area contributed by atoms with E-state index in [1.165, 1.54) is 44.1 Å². The fourth-order valence-electron chi connectivity index (χ4n) is 4.10. The van der Waals surface area contributed by atoms with Gasteiger partial charge in [-0.2, -0.15) is 0 Å². The van der Waals surface area contributed by atoms with Gasteiger partial charge in [-0.1, -0.05) is 25.0 Å². The standard InChI is InChI=1S/C21H34N4O/c1-3-22-21(24-18-10-4-5-11-18)23-16-20(25-13-6-7-14-25)17-9-8-12-19(15-17)26-2/h8-9,12,15,18,20H,3-7,10-11,13-14,16H2,1-2H3,(H2,22,23,24). The third kappa shape index (κ3) is 5.13. The average Bonchev–Trinajstić information content (AvgIpc) is 3.36. The predicted molar refractivity (Wildman–Crippen MR) is 108 cm³/mol. The summed E-state index contributed by atoms with van der Waals surface area (Å²) in [6.07, 6.45) is 7.75. The van der Waals surface area contributed by atoms with Crippen LogP contribution in [0.15, 0.2) is 29.3 Å². The molecule has 1 aromatic rings. The Morgan fingerprint density at radius 3 is 2.69 bits per heavy atom. The molecule has 0 bridgehead atoms. The van der Waals surface area contributed by atoms with Gasteiger partial charge in [0.25, 0.3) is 0 Å². The Bertz CT molecular complexity index is 577. The molecule has 0 spiro atoms. The number of methoxy groups -OCH3 is 1. The first kappa shape index (κ1) is 19.0.